The van der Waals surface area contributed by atoms with Gasteiger partial charge in [-0.1, -0.05) is 0 Å². The van der Waals surface area contributed by atoms with Crippen LogP contribution in [0.3, 0.4) is 0 Å². The lowest BCUT2D eigenvalue weighted by molar-refractivity contribution is 0.350. The summed E-state index contributed by atoms with van der Waals surface area (Å²) in [5, 5.41) is 20.0. The van der Waals surface area contributed by atoms with E-state index in [1.807, 2.05) is 0 Å². The molecule has 120 valence electrons. The molecule has 0 saturated carbocycles. The summed E-state index contributed by atoms with van der Waals surface area (Å²) in [5.74, 6) is 0.0680. The summed E-state index contributed by atoms with van der Waals surface area (Å²) in [5.41, 5.74) is -0.268. The highest BCUT2D eigenvalue weighted by Gasteiger charge is 2.21. The van der Waals surface area contributed by atoms with E-state index in [4.69, 9.17) is 18.6 Å². The third-order valence-corrected chi connectivity index (χ3v) is 3.57. The fourth-order valence-corrected chi connectivity index (χ4v) is 2.49. The molecule has 0 atom stereocenters. The van der Waals surface area contributed by atoms with Crippen LogP contribution in [0.2, 0.25) is 0 Å². The first kappa shape index (κ1) is 14.8. The zero-order valence-corrected chi connectivity index (χ0v) is 12.7. The third-order valence-electron chi connectivity index (χ3n) is 3.57. The van der Waals surface area contributed by atoms with Gasteiger partial charge in [-0.05, 0) is 6.07 Å². The van der Waals surface area contributed by atoms with E-state index in [9.17, 15) is 15.0 Å². The van der Waals surface area contributed by atoms with Gasteiger partial charge in [-0.25, -0.2) is 0 Å². The molecule has 2 N–H and O–H groups in total. The molecule has 0 unspecified atom stereocenters. The summed E-state index contributed by atoms with van der Waals surface area (Å²) >= 11 is 0. The van der Waals surface area contributed by atoms with Crippen molar-refractivity contribution in [3.8, 4) is 28.7 Å². The molecule has 1 heterocycles. The molecule has 3 aromatic rings. The number of phenolic OH excluding ortho intramolecular Hbond substituents is 2. The number of benzene rings is 2. The number of fused-ring (bicyclic) bond motifs is 2. The lowest BCUT2D eigenvalue weighted by atomic mass is 10.1. The number of hydrogen-bond donors (Lipinski definition) is 2. The van der Waals surface area contributed by atoms with Gasteiger partial charge in [-0.2, -0.15) is 0 Å². The summed E-state index contributed by atoms with van der Waals surface area (Å²) in [6.07, 6.45) is 0. The largest absolute Gasteiger partial charge is 0.507 e. The molecule has 0 amide bonds. The Balaban J connectivity index is 2.55. The summed E-state index contributed by atoms with van der Waals surface area (Å²) in [6.45, 7) is 0. The van der Waals surface area contributed by atoms with Gasteiger partial charge < -0.3 is 28.8 Å². The van der Waals surface area contributed by atoms with E-state index in [0.29, 0.717) is 0 Å². The Bertz CT molecular complexity index is 972. The highest BCUT2D eigenvalue weighted by Crippen LogP contribution is 2.41. The minimum atomic E-state index is -0.502. The van der Waals surface area contributed by atoms with E-state index in [0.717, 1.165) is 0 Å². The Morgan fingerprint density at radius 2 is 1.61 bits per heavy atom. The van der Waals surface area contributed by atoms with Gasteiger partial charge in [0.25, 0.3) is 0 Å². The minimum Gasteiger partial charge on any atom is -0.507 e. The molecule has 0 aliphatic rings. The molecular weight excluding hydrogens is 304 g/mol. The molecule has 23 heavy (non-hydrogen) atoms. The van der Waals surface area contributed by atoms with Crippen LogP contribution in [0.4, 0.5) is 0 Å². The SMILES string of the molecule is COc1cc2oc3c(OC)c(OC)cc(O)c3c(=O)c2cc1O. The maximum Gasteiger partial charge on any atom is 0.205 e. The van der Waals surface area contributed by atoms with E-state index in [-0.39, 0.29) is 50.7 Å². The third kappa shape index (κ3) is 2.09. The molecule has 3 rings (SSSR count). The maximum absolute atomic E-state index is 12.7. The molecule has 7 nitrogen and oxygen atoms in total. The Hall–Kier alpha value is -3.09. The Labute approximate surface area is 130 Å². The number of ether oxygens (including phenoxy) is 3. The van der Waals surface area contributed by atoms with Crippen LogP contribution in [-0.4, -0.2) is 31.5 Å². The quantitative estimate of drug-likeness (QED) is 0.715. The van der Waals surface area contributed by atoms with Crippen LogP contribution in [0.25, 0.3) is 21.9 Å². The first-order chi connectivity index (χ1) is 11.0. The molecule has 0 fully saturated rings. The number of rotatable bonds is 3. The fourth-order valence-electron chi connectivity index (χ4n) is 2.49. The lowest BCUT2D eigenvalue weighted by Gasteiger charge is -2.12. The highest BCUT2D eigenvalue weighted by atomic mass is 16.5. The zero-order valence-electron chi connectivity index (χ0n) is 12.7. The predicted molar refractivity (Wildman–Crippen MR) is 83.0 cm³/mol. The average Bonchev–Trinajstić information content (AvgIpc) is 2.54. The zero-order chi connectivity index (χ0) is 16.7. The fraction of sp³-hybridized carbons (Fsp3) is 0.188. The van der Waals surface area contributed by atoms with Crippen LogP contribution >= 0.6 is 0 Å². The van der Waals surface area contributed by atoms with Gasteiger partial charge in [0.2, 0.25) is 11.2 Å². The molecule has 1 aromatic heterocycles. The second-order valence-corrected chi connectivity index (χ2v) is 4.79. The normalized spacial score (nSPS) is 10.9. The summed E-state index contributed by atoms with van der Waals surface area (Å²) < 4.78 is 21.1. The van der Waals surface area contributed by atoms with Gasteiger partial charge in [-0.15, -0.1) is 0 Å². The molecular formula is C16H14O7. The summed E-state index contributed by atoms with van der Waals surface area (Å²) in [4.78, 5) is 12.7. The van der Waals surface area contributed by atoms with Crippen molar-refractivity contribution in [2.45, 2.75) is 0 Å². The van der Waals surface area contributed by atoms with Crippen molar-refractivity contribution in [3.63, 3.8) is 0 Å². The number of hydrogen-bond acceptors (Lipinski definition) is 7. The standard InChI is InChI=1S/C16H14O7/c1-20-11-6-10-7(4-8(11)17)14(19)13-9(18)5-12(21-2)15(22-3)16(13)23-10/h4-6,17-18H,1-3H3. The van der Waals surface area contributed by atoms with Crippen LogP contribution in [0, 0.1) is 0 Å². The van der Waals surface area contributed by atoms with Crippen molar-refractivity contribution in [1.82, 2.24) is 0 Å². The Morgan fingerprint density at radius 3 is 2.22 bits per heavy atom. The van der Waals surface area contributed by atoms with Gasteiger partial charge in [0.1, 0.15) is 16.7 Å². The monoisotopic (exact) mass is 318 g/mol. The second kappa shape index (κ2) is 5.28. The summed E-state index contributed by atoms with van der Waals surface area (Å²) in [7, 11) is 4.19. The van der Waals surface area contributed by atoms with E-state index in [1.165, 1.54) is 39.5 Å². The van der Waals surface area contributed by atoms with Crippen LogP contribution in [0.15, 0.2) is 27.4 Å². The van der Waals surface area contributed by atoms with Crippen molar-refractivity contribution in [3.05, 3.63) is 28.4 Å². The van der Waals surface area contributed by atoms with E-state index in [1.54, 1.807) is 0 Å². The van der Waals surface area contributed by atoms with E-state index in [2.05, 4.69) is 0 Å². The van der Waals surface area contributed by atoms with Gasteiger partial charge >= 0.3 is 0 Å². The predicted octanol–water partition coefficient (Wildman–Crippen LogP) is 2.38. The van der Waals surface area contributed by atoms with Crippen molar-refractivity contribution in [1.29, 1.82) is 0 Å². The Morgan fingerprint density at radius 1 is 0.913 bits per heavy atom. The van der Waals surface area contributed by atoms with Gasteiger partial charge in [0.15, 0.2) is 22.8 Å². The van der Waals surface area contributed by atoms with Crippen LogP contribution in [0.5, 0.6) is 28.7 Å². The van der Waals surface area contributed by atoms with Gasteiger partial charge in [0.05, 0.1) is 26.7 Å². The van der Waals surface area contributed by atoms with Crippen LogP contribution in [-0.2, 0) is 0 Å². The van der Waals surface area contributed by atoms with Crippen molar-refractivity contribution in [2.24, 2.45) is 0 Å². The van der Waals surface area contributed by atoms with Crippen molar-refractivity contribution < 1.29 is 28.8 Å². The van der Waals surface area contributed by atoms with Crippen molar-refractivity contribution in [2.75, 3.05) is 21.3 Å². The molecule has 0 aliphatic carbocycles. The average molecular weight is 318 g/mol. The molecule has 0 saturated heterocycles. The molecule has 0 radical (unpaired) electrons. The van der Waals surface area contributed by atoms with E-state index < -0.39 is 5.43 Å². The number of methoxy groups -OCH3 is 3. The topological polar surface area (TPSA) is 98.4 Å². The van der Waals surface area contributed by atoms with Crippen molar-refractivity contribution >= 4 is 21.9 Å². The number of phenols is 2. The molecule has 0 spiro atoms. The second-order valence-electron chi connectivity index (χ2n) is 4.79. The first-order valence-electron chi connectivity index (χ1n) is 6.63. The van der Waals surface area contributed by atoms with E-state index >= 15 is 0 Å². The number of aromatic hydroxyl groups is 2. The highest BCUT2D eigenvalue weighted by molar-refractivity contribution is 5.98. The Kier molecular flexibility index (Phi) is 3.40. The minimum absolute atomic E-state index is 0.0505. The molecule has 0 bridgehead atoms. The van der Waals surface area contributed by atoms with Crippen LogP contribution < -0.4 is 19.6 Å². The smallest absolute Gasteiger partial charge is 0.205 e. The molecule has 0 aliphatic heterocycles. The first-order valence-corrected chi connectivity index (χ1v) is 6.63. The summed E-state index contributed by atoms with van der Waals surface area (Å²) in [6, 6.07) is 3.89. The van der Waals surface area contributed by atoms with Gasteiger partial charge in [-0.3, -0.25) is 4.79 Å². The lowest BCUT2D eigenvalue weighted by Crippen LogP contribution is -2.04. The molecule has 2 aromatic carbocycles. The van der Waals surface area contributed by atoms with Gasteiger partial charge in [0, 0.05) is 12.1 Å². The van der Waals surface area contributed by atoms with Crippen LogP contribution in [0.1, 0.15) is 0 Å². The molecule has 7 heteroatoms. The maximum atomic E-state index is 12.7.